The highest BCUT2D eigenvalue weighted by atomic mass is 16.3. The predicted molar refractivity (Wildman–Crippen MR) is 46.5 cm³/mol. The van der Waals surface area contributed by atoms with Gasteiger partial charge in [-0.15, -0.1) is 0 Å². The molecule has 0 aromatic rings. The van der Waals surface area contributed by atoms with Crippen LogP contribution >= 0.6 is 0 Å². The van der Waals surface area contributed by atoms with E-state index >= 15 is 0 Å². The zero-order valence-corrected chi connectivity index (χ0v) is 7.51. The van der Waals surface area contributed by atoms with Gasteiger partial charge in [0.05, 0.1) is 6.10 Å². The molecule has 0 aromatic carbocycles. The Bertz CT molecular complexity index is 114. The van der Waals surface area contributed by atoms with E-state index in [0.717, 1.165) is 12.5 Å². The molecule has 11 heavy (non-hydrogen) atoms. The van der Waals surface area contributed by atoms with Gasteiger partial charge in [0, 0.05) is 12.6 Å². The standard InChI is InChI=1S/C9H19NO/c1-7-4-3-5-9(7)10-6-8(2)11/h7-11H,3-6H2,1-2H3/t7-,8+,9+/m0/s1. The summed E-state index contributed by atoms with van der Waals surface area (Å²) >= 11 is 0. The van der Waals surface area contributed by atoms with E-state index in [4.69, 9.17) is 5.11 Å². The number of nitrogens with one attached hydrogen (secondary N) is 1. The second-order valence-corrected chi connectivity index (χ2v) is 3.77. The van der Waals surface area contributed by atoms with E-state index in [1.165, 1.54) is 19.3 Å². The molecule has 0 radical (unpaired) electrons. The minimum Gasteiger partial charge on any atom is -0.392 e. The zero-order chi connectivity index (χ0) is 8.27. The van der Waals surface area contributed by atoms with Crippen molar-refractivity contribution in [3.05, 3.63) is 0 Å². The van der Waals surface area contributed by atoms with E-state index in [0.29, 0.717) is 6.04 Å². The molecule has 2 heteroatoms. The van der Waals surface area contributed by atoms with Crippen molar-refractivity contribution in [3.8, 4) is 0 Å². The van der Waals surface area contributed by atoms with E-state index < -0.39 is 0 Å². The highest BCUT2D eigenvalue weighted by Crippen LogP contribution is 2.24. The van der Waals surface area contributed by atoms with Gasteiger partial charge in [0.1, 0.15) is 0 Å². The van der Waals surface area contributed by atoms with E-state index in [1.54, 1.807) is 0 Å². The largest absolute Gasteiger partial charge is 0.392 e. The van der Waals surface area contributed by atoms with Gasteiger partial charge in [0.2, 0.25) is 0 Å². The van der Waals surface area contributed by atoms with Crippen LogP contribution in [0, 0.1) is 5.92 Å². The molecule has 66 valence electrons. The van der Waals surface area contributed by atoms with Gasteiger partial charge in [-0.2, -0.15) is 0 Å². The smallest absolute Gasteiger partial charge is 0.0636 e. The summed E-state index contributed by atoms with van der Waals surface area (Å²) in [6, 6.07) is 0.657. The first-order valence-corrected chi connectivity index (χ1v) is 4.61. The summed E-state index contributed by atoms with van der Waals surface area (Å²) in [5.41, 5.74) is 0. The van der Waals surface area contributed by atoms with Crippen LogP contribution in [0.25, 0.3) is 0 Å². The summed E-state index contributed by atoms with van der Waals surface area (Å²) in [6.07, 6.45) is 3.77. The van der Waals surface area contributed by atoms with Crippen molar-refractivity contribution in [1.29, 1.82) is 0 Å². The lowest BCUT2D eigenvalue weighted by Gasteiger charge is -2.17. The Balaban J connectivity index is 2.15. The molecule has 1 fully saturated rings. The monoisotopic (exact) mass is 157 g/mol. The van der Waals surface area contributed by atoms with E-state index in [1.807, 2.05) is 6.92 Å². The molecule has 1 saturated carbocycles. The summed E-state index contributed by atoms with van der Waals surface area (Å²) in [4.78, 5) is 0. The van der Waals surface area contributed by atoms with Gasteiger partial charge < -0.3 is 10.4 Å². The maximum atomic E-state index is 9.04. The minimum absolute atomic E-state index is 0.206. The Morgan fingerprint density at radius 3 is 2.73 bits per heavy atom. The fourth-order valence-electron chi connectivity index (χ4n) is 1.77. The van der Waals surface area contributed by atoms with Crippen LogP contribution < -0.4 is 5.32 Å². The van der Waals surface area contributed by atoms with Gasteiger partial charge in [-0.3, -0.25) is 0 Å². The van der Waals surface area contributed by atoms with E-state index in [2.05, 4.69) is 12.2 Å². The van der Waals surface area contributed by atoms with Crippen molar-refractivity contribution in [2.24, 2.45) is 5.92 Å². The molecule has 0 aromatic heterocycles. The Hall–Kier alpha value is -0.0800. The molecule has 1 aliphatic carbocycles. The fourth-order valence-corrected chi connectivity index (χ4v) is 1.77. The second kappa shape index (κ2) is 4.07. The third-order valence-electron chi connectivity index (χ3n) is 2.54. The first-order chi connectivity index (χ1) is 5.20. The molecule has 0 saturated heterocycles. The fraction of sp³-hybridized carbons (Fsp3) is 1.00. The molecule has 1 aliphatic rings. The topological polar surface area (TPSA) is 32.3 Å². The molecular formula is C9H19NO. The zero-order valence-electron chi connectivity index (χ0n) is 7.51. The highest BCUT2D eigenvalue weighted by molar-refractivity contribution is 4.80. The summed E-state index contributed by atoms with van der Waals surface area (Å²) in [6.45, 7) is 4.86. The summed E-state index contributed by atoms with van der Waals surface area (Å²) in [5.74, 6) is 0.800. The van der Waals surface area contributed by atoms with Gasteiger partial charge in [-0.05, 0) is 25.7 Å². The van der Waals surface area contributed by atoms with Crippen molar-refractivity contribution in [2.45, 2.75) is 45.3 Å². The summed E-state index contributed by atoms with van der Waals surface area (Å²) in [7, 11) is 0. The lowest BCUT2D eigenvalue weighted by molar-refractivity contribution is 0.183. The first kappa shape index (κ1) is 9.01. The van der Waals surface area contributed by atoms with Crippen LogP contribution in [0.1, 0.15) is 33.1 Å². The van der Waals surface area contributed by atoms with Gasteiger partial charge in [-0.1, -0.05) is 13.3 Å². The second-order valence-electron chi connectivity index (χ2n) is 3.77. The number of hydrogen-bond donors (Lipinski definition) is 2. The van der Waals surface area contributed by atoms with Crippen molar-refractivity contribution >= 4 is 0 Å². The lowest BCUT2D eigenvalue weighted by atomic mass is 10.1. The van der Waals surface area contributed by atoms with E-state index in [9.17, 15) is 0 Å². The summed E-state index contributed by atoms with van der Waals surface area (Å²) in [5, 5.41) is 12.4. The minimum atomic E-state index is -0.206. The lowest BCUT2D eigenvalue weighted by Crippen LogP contribution is -2.35. The number of aliphatic hydroxyl groups excluding tert-OH is 1. The van der Waals surface area contributed by atoms with Crippen molar-refractivity contribution < 1.29 is 5.11 Å². The van der Waals surface area contributed by atoms with Crippen molar-refractivity contribution in [1.82, 2.24) is 5.32 Å². The average molecular weight is 157 g/mol. The molecule has 0 heterocycles. The number of hydrogen-bond acceptors (Lipinski definition) is 2. The molecule has 0 aliphatic heterocycles. The normalized spacial score (nSPS) is 34.1. The van der Waals surface area contributed by atoms with Crippen LogP contribution in [0.4, 0.5) is 0 Å². The van der Waals surface area contributed by atoms with Crippen molar-refractivity contribution in [3.63, 3.8) is 0 Å². The number of rotatable bonds is 3. The highest BCUT2D eigenvalue weighted by Gasteiger charge is 2.22. The van der Waals surface area contributed by atoms with Gasteiger partial charge in [0.25, 0.3) is 0 Å². The SMILES string of the molecule is C[C@@H](O)CN[C@@H]1CCC[C@@H]1C. The van der Waals surface area contributed by atoms with Crippen molar-refractivity contribution in [2.75, 3.05) is 6.54 Å². The Morgan fingerprint density at radius 2 is 2.27 bits per heavy atom. The molecular weight excluding hydrogens is 138 g/mol. The first-order valence-electron chi connectivity index (χ1n) is 4.61. The maximum Gasteiger partial charge on any atom is 0.0636 e. The van der Waals surface area contributed by atoms with E-state index in [-0.39, 0.29) is 6.10 Å². The molecule has 0 unspecified atom stereocenters. The molecule has 0 bridgehead atoms. The van der Waals surface area contributed by atoms with Crippen LogP contribution in [0.2, 0.25) is 0 Å². The maximum absolute atomic E-state index is 9.04. The van der Waals surface area contributed by atoms with Crippen LogP contribution in [0.15, 0.2) is 0 Å². The average Bonchev–Trinajstić information content (AvgIpc) is 2.31. The third-order valence-corrected chi connectivity index (χ3v) is 2.54. The molecule has 3 atom stereocenters. The summed E-state index contributed by atoms with van der Waals surface area (Å²) < 4.78 is 0. The van der Waals surface area contributed by atoms with Gasteiger partial charge in [0.15, 0.2) is 0 Å². The Morgan fingerprint density at radius 1 is 1.55 bits per heavy atom. The molecule has 2 N–H and O–H groups in total. The Labute approximate surface area is 69.0 Å². The predicted octanol–water partition coefficient (Wildman–Crippen LogP) is 1.15. The van der Waals surface area contributed by atoms with Crippen LogP contribution in [-0.4, -0.2) is 23.8 Å². The van der Waals surface area contributed by atoms with Gasteiger partial charge >= 0.3 is 0 Å². The molecule has 0 amide bonds. The van der Waals surface area contributed by atoms with Crippen LogP contribution in [0.5, 0.6) is 0 Å². The third kappa shape index (κ3) is 2.80. The molecule has 1 rings (SSSR count). The quantitative estimate of drug-likeness (QED) is 0.644. The van der Waals surface area contributed by atoms with Gasteiger partial charge in [-0.25, -0.2) is 0 Å². The molecule has 2 nitrogen and oxygen atoms in total. The number of aliphatic hydroxyl groups is 1. The van der Waals surface area contributed by atoms with Crippen LogP contribution in [-0.2, 0) is 0 Å². The molecule has 0 spiro atoms. The Kier molecular flexibility index (Phi) is 3.34. The van der Waals surface area contributed by atoms with Crippen LogP contribution in [0.3, 0.4) is 0 Å².